The minimum atomic E-state index is -3.21. The number of hydrogen-bond donors (Lipinski definition) is 0. The SMILES string of the molecule is CCN1C=CN(C)C1OP(C)(=O)OC1N(C)C=CN1CC. The Labute approximate surface area is 126 Å². The highest BCUT2D eigenvalue weighted by atomic mass is 31.2. The lowest BCUT2D eigenvalue weighted by Crippen LogP contribution is -2.41. The van der Waals surface area contributed by atoms with Crippen LogP contribution in [0.2, 0.25) is 0 Å². The van der Waals surface area contributed by atoms with Crippen molar-refractivity contribution in [2.45, 2.75) is 26.6 Å². The Bertz CT molecular complexity index is 432. The third-order valence-corrected chi connectivity index (χ3v) is 4.70. The fourth-order valence-corrected chi connectivity index (χ4v) is 3.58. The smallest absolute Gasteiger partial charge is 0.334 e. The zero-order chi connectivity index (χ0) is 15.6. The van der Waals surface area contributed by atoms with Gasteiger partial charge >= 0.3 is 7.60 Å². The van der Waals surface area contributed by atoms with Crippen molar-refractivity contribution in [1.29, 1.82) is 0 Å². The van der Waals surface area contributed by atoms with Crippen LogP contribution in [0.1, 0.15) is 13.8 Å². The number of hydrogen-bond acceptors (Lipinski definition) is 7. The van der Waals surface area contributed by atoms with Crippen molar-refractivity contribution in [1.82, 2.24) is 19.6 Å². The first-order valence-corrected chi connectivity index (χ1v) is 9.13. The molecule has 0 aromatic heterocycles. The van der Waals surface area contributed by atoms with Crippen LogP contribution in [0, 0.1) is 0 Å². The number of rotatable bonds is 6. The molecule has 2 unspecified atom stereocenters. The molecular weight excluding hydrogens is 291 g/mol. The molecule has 8 heteroatoms. The Balaban J connectivity index is 2.00. The van der Waals surface area contributed by atoms with E-state index in [9.17, 15) is 4.57 Å². The highest BCUT2D eigenvalue weighted by Gasteiger charge is 2.36. The normalized spacial score (nSPS) is 27.9. The summed E-state index contributed by atoms with van der Waals surface area (Å²) >= 11 is 0. The summed E-state index contributed by atoms with van der Waals surface area (Å²) in [6.07, 6.45) is 6.87. The predicted octanol–water partition coefficient (Wildman–Crippen LogP) is 1.89. The van der Waals surface area contributed by atoms with Gasteiger partial charge in [-0.2, -0.15) is 0 Å². The van der Waals surface area contributed by atoms with Crippen molar-refractivity contribution >= 4 is 7.60 Å². The van der Waals surface area contributed by atoms with E-state index in [1.54, 1.807) is 0 Å². The minimum Gasteiger partial charge on any atom is -0.337 e. The van der Waals surface area contributed by atoms with Gasteiger partial charge in [-0.15, -0.1) is 0 Å². The molecule has 2 aliphatic rings. The second-order valence-corrected chi connectivity index (χ2v) is 7.19. The van der Waals surface area contributed by atoms with Crippen molar-refractivity contribution in [3.63, 3.8) is 0 Å². The largest absolute Gasteiger partial charge is 0.337 e. The van der Waals surface area contributed by atoms with E-state index in [1.165, 1.54) is 6.66 Å². The van der Waals surface area contributed by atoms with Gasteiger partial charge in [-0.05, 0) is 13.8 Å². The molecule has 0 fully saturated rings. The van der Waals surface area contributed by atoms with Crippen LogP contribution in [0.4, 0.5) is 0 Å². The van der Waals surface area contributed by atoms with Gasteiger partial charge in [0.05, 0.1) is 0 Å². The second-order valence-electron chi connectivity index (χ2n) is 5.22. The van der Waals surface area contributed by atoms with Crippen LogP contribution < -0.4 is 0 Å². The predicted molar refractivity (Wildman–Crippen MR) is 81.8 cm³/mol. The Morgan fingerprint density at radius 2 is 1.29 bits per heavy atom. The van der Waals surface area contributed by atoms with Crippen molar-refractivity contribution in [3.8, 4) is 0 Å². The van der Waals surface area contributed by atoms with E-state index in [0.29, 0.717) is 0 Å². The monoisotopic (exact) mass is 316 g/mol. The van der Waals surface area contributed by atoms with Crippen molar-refractivity contribution in [2.75, 3.05) is 33.8 Å². The van der Waals surface area contributed by atoms with E-state index in [-0.39, 0.29) is 12.7 Å². The third-order valence-electron chi connectivity index (χ3n) is 3.55. The van der Waals surface area contributed by atoms with E-state index < -0.39 is 7.60 Å². The van der Waals surface area contributed by atoms with Gasteiger partial charge < -0.3 is 19.6 Å². The van der Waals surface area contributed by atoms with Gasteiger partial charge in [0.15, 0.2) is 0 Å². The lowest BCUT2D eigenvalue weighted by molar-refractivity contribution is -0.0601. The molecule has 0 saturated heterocycles. The highest BCUT2D eigenvalue weighted by molar-refractivity contribution is 7.53. The first kappa shape index (κ1) is 16.2. The fraction of sp³-hybridized carbons (Fsp3) is 0.692. The summed E-state index contributed by atoms with van der Waals surface area (Å²) in [5.41, 5.74) is 0. The summed E-state index contributed by atoms with van der Waals surface area (Å²) < 4.78 is 24.3. The zero-order valence-electron chi connectivity index (χ0n) is 13.3. The van der Waals surface area contributed by atoms with E-state index in [2.05, 4.69) is 0 Å². The summed E-state index contributed by atoms with van der Waals surface area (Å²) in [6, 6.07) is 0. The highest BCUT2D eigenvalue weighted by Crippen LogP contribution is 2.49. The minimum absolute atomic E-state index is 0.388. The summed E-state index contributed by atoms with van der Waals surface area (Å²) in [4.78, 5) is 7.68. The van der Waals surface area contributed by atoms with Crippen molar-refractivity contribution in [2.24, 2.45) is 0 Å². The molecule has 21 heavy (non-hydrogen) atoms. The Kier molecular flexibility index (Phi) is 4.86. The summed E-state index contributed by atoms with van der Waals surface area (Å²) in [5, 5.41) is 0. The van der Waals surface area contributed by atoms with Crippen LogP contribution in [0.3, 0.4) is 0 Å². The molecule has 120 valence electrons. The van der Waals surface area contributed by atoms with Crippen LogP contribution in [-0.2, 0) is 13.6 Å². The lowest BCUT2D eigenvalue weighted by Gasteiger charge is -2.35. The first-order valence-electron chi connectivity index (χ1n) is 7.14. The molecule has 0 aliphatic carbocycles. The molecule has 2 aliphatic heterocycles. The molecule has 2 rings (SSSR count). The summed E-state index contributed by atoms with van der Waals surface area (Å²) in [6.45, 7) is 7.12. The maximum absolute atomic E-state index is 12.7. The Hall–Kier alpha value is -1.17. The first-order chi connectivity index (χ1) is 9.88. The van der Waals surface area contributed by atoms with Gasteiger partial charge in [-0.3, -0.25) is 13.6 Å². The Morgan fingerprint density at radius 1 is 0.905 bits per heavy atom. The lowest BCUT2D eigenvalue weighted by atomic mass is 10.6. The molecule has 0 aromatic carbocycles. The van der Waals surface area contributed by atoms with Gasteiger partial charge in [-0.25, -0.2) is 0 Å². The van der Waals surface area contributed by atoms with Crippen LogP contribution in [0.15, 0.2) is 24.8 Å². The van der Waals surface area contributed by atoms with E-state index >= 15 is 0 Å². The molecule has 0 radical (unpaired) electrons. The third kappa shape index (κ3) is 3.54. The van der Waals surface area contributed by atoms with Crippen LogP contribution in [0.5, 0.6) is 0 Å². The molecule has 0 bridgehead atoms. The maximum atomic E-state index is 12.7. The van der Waals surface area contributed by atoms with Gasteiger partial charge in [0.2, 0.25) is 12.7 Å². The molecule has 0 aromatic rings. The van der Waals surface area contributed by atoms with Crippen molar-refractivity contribution < 1.29 is 13.6 Å². The second kappa shape index (κ2) is 6.30. The standard InChI is InChI=1S/C13H25N4O3P/c1-6-16-10-8-14(3)12(16)19-21(5,18)20-13-15(4)9-11-17(13)7-2/h8-13H,6-7H2,1-5H3. The summed E-state index contributed by atoms with van der Waals surface area (Å²) in [5.74, 6) is 0. The van der Waals surface area contributed by atoms with Crippen molar-refractivity contribution in [3.05, 3.63) is 24.8 Å². The molecule has 0 saturated carbocycles. The van der Waals surface area contributed by atoms with Crippen LogP contribution in [-0.4, -0.2) is 66.2 Å². The molecule has 2 heterocycles. The maximum Gasteiger partial charge on any atom is 0.334 e. The molecule has 0 amide bonds. The van der Waals surface area contributed by atoms with Gasteiger partial charge in [0, 0.05) is 58.6 Å². The fourth-order valence-electron chi connectivity index (χ4n) is 2.30. The van der Waals surface area contributed by atoms with Crippen LogP contribution in [0.25, 0.3) is 0 Å². The van der Waals surface area contributed by atoms with E-state index in [0.717, 1.165) is 13.1 Å². The summed E-state index contributed by atoms with van der Waals surface area (Å²) in [7, 11) is 0.561. The topological polar surface area (TPSA) is 48.5 Å². The molecule has 0 N–H and O–H groups in total. The van der Waals surface area contributed by atoms with E-state index in [4.69, 9.17) is 9.05 Å². The average Bonchev–Trinajstić information content (AvgIpc) is 2.94. The average molecular weight is 316 g/mol. The quantitative estimate of drug-likeness (QED) is 0.694. The Morgan fingerprint density at radius 3 is 1.62 bits per heavy atom. The molecular formula is C13H25N4O3P. The molecule has 0 spiro atoms. The van der Waals surface area contributed by atoms with Gasteiger partial charge in [-0.1, -0.05) is 0 Å². The van der Waals surface area contributed by atoms with Gasteiger partial charge in [0.25, 0.3) is 0 Å². The van der Waals surface area contributed by atoms with Crippen LogP contribution >= 0.6 is 7.60 Å². The molecule has 2 atom stereocenters. The van der Waals surface area contributed by atoms with Gasteiger partial charge in [0.1, 0.15) is 0 Å². The number of nitrogens with zero attached hydrogens (tertiary/aromatic N) is 4. The zero-order valence-corrected chi connectivity index (χ0v) is 14.2. The molecule has 7 nitrogen and oxygen atoms in total. The van der Waals surface area contributed by atoms with E-state index in [1.807, 2.05) is 72.3 Å².